The monoisotopic (exact) mass is 292 g/mol. The number of aromatic nitrogens is 2. The van der Waals surface area contributed by atoms with E-state index >= 15 is 0 Å². The van der Waals surface area contributed by atoms with Gasteiger partial charge in [0.05, 0.1) is 11.4 Å². The van der Waals surface area contributed by atoms with E-state index in [1.807, 2.05) is 0 Å². The fourth-order valence-electron chi connectivity index (χ4n) is 2.85. The minimum Gasteiger partial charge on any atom is -0.243 e. The Kier molecular flexibility index (Phi) is 3.28. The molecule has 2 nitrogen and oxygen atoms in total. The van der Waals surface area contributed by atoms with Crippen LogP contribution in [0.5, 0.6) is 0 Å². The molecule has 2 aliphatic rings. The van der Waals surface area contributed by atoms with E-state index in [1.165, 1.54) is 11.1 Å². The normalized spacial score (nSPS) is 17.9. The highest BCUT2D eigenvalue weighted by molar-refractivity contribution is 7.09. The largest absolute Gasteiger partial charge is 0.243 e. The van der Waals surface area contributed by atoms with Gasteiger partial charge >= 0.3 is 0 Å². The fourth-order valence-corrected chi connectivity index (χ4v) is 3.52. The van der Waals surface area contributed by atoms with Gasteiger partial charge in [0.1, 0.15) is 11.0 Å². The van der Waals surface area contributed by atoms with Crippen molar-refractivity contribution in [1.82, 2.24) is 9.97 Å². The summed E-state index contributed by atoms with van der Waals surface area (Å²) in [5.74, 6) is 0. The first kappa shape index (κ1) is 12.7. The lowest BCUT2D eigenvalue weighted by molar-refractivity contribution is 1.01. The van der Waals surface area contributed by atoms with Crippen molar-refractivity contribution in [3.05, 3.63) is 58.6 Å². The van der Waals surface area contributed by atoms with Crippen LogP contribution in [0, 0.1) is 0 Å². The second-order valence-electron chi connectivity index (χ2n) is 5.38. The van der Waals surface area contributed by atoms with E-state index < -0.39 is 0 Å². The number of hydrogen-bond donors (Lipinski definition) is 0. The summed E-state index contributed by atoms with van der Waals surface area (Å²) in [5.41, 5.74) is 6.80. The first-order valence-electron chi connectivity index (χ1n) is 7.38. The number of fused-ring (bicyclic) bond motifs is 1. The van der Waals surface area contributed by atoms with Crippen molar-refractivity contribution in [2.24, 2.45) is 0 Å². The molecule has 2 aromatic rings. The summed E-state index contributed by atoms with van der Waals surface area (Å²) < 4.78 is 0. The van der Waals surface area contributed by atoms with E-state index in [0.29, 0.717) is 0 Å². The van der Waals surface area contributed by atoms with Crippen LogP contribution in [-0.4, -0.2) is 9.97 Å². The number of rotatable bonds is 2. The Balaban J connectivity index is 1.93. The van der Waals surface area contributed by atoms with Crippen LogP contribution in [0.3, 0.4) is 0 Å². The summed E-state index contributed by atoms with van der Waals surface area (Å²) in [5, 5.41) is 4.17. The zero-order valence-electron chi connectivity index (χ0n) is 11.7. The summed E-state index contributed by atoms with van der Waals surface area (Å²) in [6, 6.07) is 0. The molecule has 0 aromatic carbocycles. The molecule has 0 aliphatic heterocycles. The molecule has 0 radical (unpaired) electrons. The molecule has 0 spiro atoms. The molecule has 104 valence electrons. The summed E-state index contributed by atoms with van der Waals surface area (Å²) in [6.07, 6.45) is 17.4. The van der Waals surface area contributed by atoms with Crippen molar-refractivity contribution < 1.29 is 0 Å². The van der Waals surface area contributed by atoms with Gasteiger partial charge in [-0.1, -0.05) is 36.5 Å². The molecule has 0 atom stereocenters. The van der Waals surface area contributed by atoms with Gasteiger partial charge in [-0.05, 0) is 36.8 Å². The molecule has 2 aliphatic carbocycles. The number of allylic oxidation sites excluding steroid dienone is 8. The van der Waals surface area contributed by atoms with Crippen LogP contribution in [0.15, 0.2) is 47.2 Å². The van der Waals surface area contributed by atoms with Crippen molar-refractivity contribution in [2.45, 2.75) is 25.7 Å². The Morgan fingerprint density at radius 1 is 0.762 bits per heavy atom. The van der Waals surface area contributed by atoms with Crippen molar-refractivity contribution >= 4 is 33.5 Å². The first-order chi connectivity index (χ1) is 10.4. The van der Waals surface area contributed by atoms with E-state index in [0.717, 1.165) is 48.1 Å². The van der Waals surface area contributed by atoms with Gasteiger partial charge in [-0.15, -0.1) is 11.3 Å². The van der Waals surface area contributed by atoms with E-state index in [9.17, 15) is 0 Å². The second kappa shape index (κ2) is 5.41. The standard InChI is InChI=1S/C18H16N2S/c1-3-7-13(8-4-1)17-18(14-9-5-2-6-10-14)20-16-12-21-11-15(16)19-17/h1-3,5,7,9,11-12H,4,6,8,10H2. The topological polar surface area (TPSA) is 25.8 Å². The molecule has 4 rings (SSSR count). The van der Waals surface area contributed by atoms with Crippen LogP contribution < -0.4 is 0 Å². The lowest BCUT2D eigenvalue weighted by Crippen LogP contribution is -2.03. The highest BCUT2D eigenvalue weighted by Crippen LogP contribution is 2.33. The van der Waals surface area contributed by atoms with Crippen LogP contribution in [0.25, 0.3) is 22.2 Å². The molecule has 0 amide bonds. The third kappa shape index (κ3) is 2.38. The quantitative estimate of drug-likeness (QED) is 0.764. The molecular weight excluding hydrogens is 276 g/mol. The van der Waals surface area contributed by atoms with E-state index in [4.69, 9.17) is 9.97 Å². The number of thiophene rings is 1. The lowest BCUT2D eigenvalue weighted by atomic mass is 9.94. The number of hydrogen-bond acceptors (Lipinski definition) is 3. The molecule has 0 saturated carbocycles. The first-order valence-corrected chi connectivity index (χ1v) is 8.32. The minimum absolute atomic E-state index is 1.01. The van der Waals surface area contributed by atoms with Crippen molar-refractivity contribution in [1.29, 1.82) is 0 Å². The van der Waals surface area contributed by atoms with Gasteiger partial charge in [-0.25, -0.2) is 9.97 Å². The predicted octanol–water partition coefficient (Wildman–Crippen LogP) is 5.16. The van der Waals surface area contributed by atoms with E-state index in [1.54, 1.807) is 11.3 Å². The Morgan fingerprint density at radius 3 is 1.71 bits per heavy atom. The highest BCUT2D eigenvalue weighted by Gasteiger charge is 2.17. The molecule has 0 bridgehead atoms. The summed E-state index contributed by atoms with van der Waals surface area (Å²) in [7, 11) is 0. The molecule has 0 N–H and O–H groups in total. The van der Waals surface area contributed by atoms with Gasteiger partial charge in [-0.3, -0.25) is 0 Å². The van der Waals surface area contributed by atoms with Crippen molar-refractivity contribution in [3.63, 3.8) is 0 Å². The van der Waals surface area contributed by atoms with Gasteiger partial charge in [0.25, 0.3) is 0 Å². The Morgan fingerprint density at radius 2 is 1.29 bits per heavy atom. The Hall–Kier alpha value is -2.00. The van der Waals surface area contributed by atoms with Crippen LogP contribution >= 0.6 is 11.3 Å². The summed E-state index contributed by atoms with van der Waals surface area (Å²) >= 11 is 1.67. The molecular formula is C18H16N2S. The van der Waals surface area contributed by atoms with Gasteiger partial charge in [0.2, 0.25) is 0 Å². The van der Waals surface area contributed by atoms with Gasteiger partial charge in [0, 0.05) is 10.8 Å². The average Bonchev–Trinajstić information content (AvgIpc) is 3.03. The van der Waals surface area contributed by atoms with Crippen molar-refractivity contribution in [2.75, 3.05) is 0 Å². The maximum atomic E-state index is 4.91. The van der Waals surface area contributed by atoms with Gasteiger partial charge in [-0.2, -0.15) is 0 Å². The minimum atomic E-state index is 1.01. The molecule has 3 heteroatoms. The molecule has 2 heterocycles. The van der Waals surface area contributed by atoms with Gasteiger partial charge < -0.3 is 0 Å². The SMILES string of the molecule is C1=CCCC(c2nc3cscc3nc2C2=CC=CCC2)=C1. The molecule has 0 unspecified atom stereocenters. The number of nitrogens with zero attached hydrogens (tertiary/aromatic N) is 2. The van der Waals surface area contributed by atoms with Crippen molar-refractivity contribution in [3.8, 4) is 0 Å². The third-order valence-electron chi connectivity index (χ3n) is 3.95. The third-order valence-corrected chi connectivity index (χ3v) is 4.67. The Bertz CT molecular complexity index is 740. The maximum Gasteiger partial charge on any atom is 0.100 e. The maximum absolute atomic E-state index is 4.91. The Labute approximate surface area is 128 Å². The highest BCUT2D eigenvalue weighted by atomic mass is 32.1. The summed E-state index contributed by atoms with van der Waals surface area (Å²) in [6.45, 7) is 0. The van der Waals surface area contributed by atoms with E-state index in [2.05, 4.69) is 47.2 Å². The predicted molar refractivity (Wildman–Crippen MR) is 90.1 cm³/mol. The van der Waals surface area contributed by atoms with Gasteiger partial charge in [0.15, 0.2) is 0 Å². The molecule has 0 saturated heterocycles. The van der Waals surface area contributed by atoms with Crippen LogP contribution in [0.4, 0.5) is 0 Å². The van der Waals surface area contributed by atoms with Crippen LogP contribution in [0.1, 0.15) is 37.1 Å². The zero-order chi connectivity index (χ0) is 14.1. The second-order valence-corrected chi connectivity index (χ2v) is 6.12. The fraction of sp³-hybridized carbons (Fsp3) is 0.222. The molecule has 21 heavy (non-hydrogen) atoms. The van der Waals surface area contributed by atoms with Crippen LogP contribution in [0.2, 0.25) is 0 Å². The molecule has 0 fully saturated rings. The average molecular weight is 292 g/mol. The van der Waals surface area contributed by atoms with Crippen LogP contribution in [-0.2, 0) is 0 Å². The summed E-state index contributed by atoms with van der Waals surface area (Å²) in [4.78, 5) is 9.83. The lowest BCUT2D eigenvalue weighted by Gasteiger charge is -2.16. The molecule has 2 aromatic heterocycles. The zero-order valence-corrected chi connectivity index (χ0v) is 12.6. The smallest absolute Gasteiger partial charge is 0.100 e. The van der Waals surface area contributed by atoms with E-state index in [-0.39, 0.29) is 0 Å².